The molecule has 106 valence electrons. The van der Waals surface area contributed by atoms with Crippen molar-refractivity contribution >= 4 is 11.7 Å². The highest BCUT2D eigenvalue weighted by atomic mass is 16.6. The molecule has 1 N–H and O–H groups in total. The zero-order chi connectivity index (χ0) is 14.8. The van der Waals surface area contributed by atoms with Crippen LogP contribution in [0.15, 0.2) is 6.20 Å². The number of nitro groups is 1. The zero-order valence-electron chi connectivity index (χ0n) is 11.3. The van der Waals surface area contributed by atoms with Gasteiger partial charge in [-0.2, -0.15) is 5.10 Å². The van der Waals surface area contributed by atoms with Crippen LogP contribution >= 0.6 is 0 Å². The number of ether oxygens (including phenoxy) is 1. The average molecular weight is 271 g/mol. The lowest BCUT2D eigenvalue weighted by atomic mass is 10.1. The largest absolute Gasteiger partial charge is 0.460 e. The molecule has 0 saturated carbocycles. The van der Waals surface area contributed by atoms with Crippen LogP contribution in [0.1, 0.15) is 39.0 Å². The first-order chi connectivity index (χ1) is 8.61. The van der Waals surface area contributed by atoms with Gasteiger partial charge in [-0.15, -0.1) is 0 Å². The molecule has 19 heavy (non-hydrogen) atoms. The molecule has 0 aromatic carbocycles. The average Bonchev–Trinajstić information content (AvgIpc) is 2.56. The molecule has 0 amide bonds. The smallest absolute Gasteiger partial charge is 0.312 e. The van der Waals surface area contributed by atoms with Crippen LogP contribution in [0.5, 0.6) is 0 Å². The van der Waals surface area contributed by atoms with Gasteiger partial charge in [-0.3, -0.25) is 19.6 Å². The fraction of sp³-hybridized carbons (Fsp3) is 0.636. The molecular formula is C11H17N3O5. The number of hydrogen-bond acceptors (Lipinski definition) is 6. The van der Waals surface area contributed by atoms with Gasteiger partial charge >= 0.3 is 11.7 Å². The zero-order valence-corrected chi connectivity index (χ0v) is 11.3. The molecule has 1 atom stereocenters. The molecule has 1 heterocycles. The molecular weight excluding hydrogens is 254 g/mol. The van der Waals surface area contributed by atoms with Crippen molar-refractivity contribution in [2.24, 2.45) is 7.05 Å². The number of aromatic nitrogens is 2. The van der Waals surface area contributed by atoms with Crippen molar-refractivity contribution in [3.8, 4) is 0 Å². The molecule has 1 rings (SSSR count). The third-order valence-corrected chi connectivity index (χ3v) is 2.26. The summed E-state index contributed by atoms with van der Waals surface area (Å²) in [6, 6.07) is 0. The summed E-state index contributed by atoms with van der Waals surface area (Å²) in [5, 5.41) is 24.4. The SMILES string of the molecule is Cn1ncc([N+](=O)[O-])c1C(O)CC(=O)OC(C)(C)C. The summed E-state index contributed by atoms with van der Waals surface area (Å²) in [5.74, 6) is -0.629. The van der Waals surface area contributed by atoms with Gasteiger partial charge in [0.2, 0.25) is 0 Å². The Kier molecular flexibility index (Phi) is 4.25. The maximum Gasteiger partial charge on any atom is 0.312 e. The van der Waals surface area contributed by atoms with Gasteiger partial charge in [-0.1, -0.05) is 0 Å². The molecule has 0 aliphatic heterocycles. The Bertz CT molecular complexity index is 489. The molecule has 1 unspecified atom stereocenters. The van der Waals surface area contributed by atoms with Gasteiger partial charge in [-0.25, -0.2) is 0 Å². The summed E-state index contributed by atoms with van der Waals surface area (Å²) in [4.78, 5) is 21.7. The Morgan fingerprint density at radius 1 is 1.63 bits per heavy atom. The lowest BCUT2D eigenvalue weighted by molar-refractivity contribution is -0.386. The van der Waals surface area contributed by atoms with E-state index in [1.807, 2.05) is 0 Å². The molecule has 0 fully saturated rings. The molecule has 0 aliphatic carbocycles. The third-order valence-electron chi connectivity index (χ3n) is 2.26. The van der Waals surface area contributed by atoms with Crippen molar-refractivity contribution < 1.29 is 19.6 Å². The standard InChI is InChI=1S/C11H17N3O5/c1-11(2,3)19-9(16)5-8(15)10-7(14(17)18)6-12-13(10)4/h6,8,15H,5H2,1-4H3. The summed E-state index contributed by atoms with van der Waals surface area (Å²) in [7, 11) is 1.46. The summed E-state index contributed by atoms with van der Waals surface area (Å²) in [6.45, 7) is 5.09. The predicted octanol–water partition coefficient (Wildman–Crippen LogP) is 1.09. The first kappa shape index (κ1) is 15.1. The van der Waals surface area contributed by atoms with Crippen molar-refractivity contribution in [2.45, 2.75) is 38.9 Å². The second kappa shape index (κ2) is 5.35. The molecule has 1 aromatic rings. The Morgan fingerprint density at radius 3 is 2.68 bits per heavy atom. The van der Waals surface area contributed by atoms with Gasteiger partial charge in [0, 0.05) is 7.05 Å². The van der Waals surface area contributed by atoms with Gasteiger partial charge in [0.25, 0.3) is 0 Å². The van der Waals surface area contributed by atoms with Gasteiger partial charge in [0.15, 0.2) is 0 Å². The molecule has 1 aromatic heterocycles. The maximum atomic E-state index is 11.6. The highest BCUT2D eigenvalue weighted by Gasteiger charge is 2.28. The lowest BCUT2D eigenvalue weighted by Crippen LogP contribution is -2.25. The van der Waals surface area contributed by atoms with E-state index in [0.717, 1.165) is 6.20 Å². The van der Waals surface area contributed by atoms with Crippen LogP contribution in [0.4, 0.5) is 5.69 Å². The highest BCUT2D eigenvalue weighted by Crippen LogP contribution is 2.27. The lowest BCUT2D eigenvalue weighted by Gasteiger charge is -2.20. The first-order valence-electron chi connectivity index (χ1n) is 5.68. The second-order valence-corrected chi connectivity index (χ2v) is 5.10. The molecule has 0 bridgehead atoms. The van der Waals surface area contributed by atoms with Crippen molar-refractivity contribution in [1.82, 2.24) is 9.78 Å². The van der Waals surface area contributed by atoms with Crippen LogP contribution in [-0.4, -0.2) is 31.4 Å². The van der Waals surface area contributed by atoms with Crippen molar-refractivity contribution in [1.29, 1.82) is 0 Å². The monoisotopic (exact) mass is 271 g/mol. The summed E-state index contributed by atoms with van der Waals surface area (Å²) in [5.41, 5.74) is -1.01. The van der Waals surface area contributed by atoms with Crippen LogP contribution < -0.4 is 0 Å². The molecule has 8 nitrogen and oxygen atoms in total. The van der Waals surface area contributed by atoms with Crippen LogP contribution in [0, 0.1) is 10.1 Å². The minimum Gasteiger partial charge on any atom is -0.460 e. The topological polar surface area (TPSA) is 107 Å². The molecule has 0 saturated heterocycles. The van der Waals surface area contributed by atoms with Crippen LogP contribution in [0.2, 0.25) is 0 Å². The number of hydrogen-bond donors (Lipinski definition) is 1. The van der Waals surface area contributed by atoms with E-state index in [4.69, 9.17) is 4.74 Å². The second-order valence-electron chi connectivity index (χ2n) is 5.10. The number of esters is 1. The Labute approximate surface area is 110 Å². The number of carbonyl (C=O) groups is 1. The van der Waals surface area contributed by atoms with Crippen LogP contribution in [0.3, 0.4) is 0 Å². The quantitative estimate of drug-likeness (QED) is 0.499. The van der Waals surface area contributed by atoms with E-state index in [1.54, 1.807) is 20.8 Å². The highest BCUT2D eigenvalue weighted by molar-refractivity contribution is 5.70. The van der Waals surface area contributed by atoms with Crippen LogP contribution in [0.25, 0.3) is 0 Å². The Balaban J connectivity index is 2.84. The normalized spacial score (nSPS) is 13.1. The fourth-order valence-corrected chi connectivity index (χ4v) is 1.60. The van der Waals surface area contributed by atoms with Crippen LogP contribution in [-0.2, 0) is 16.6 Å². The Hall–Kier alpha value is -1.96. The fourth-order valence-electron chi connectivity index (χ4n) is 1.60. The van der Waals surface area contributed by atoms with Gasteiger partial charge < -0.3 is 9.84 Å². The number of rotatable bonds is 4. The number of aryl methyl sites for hydroxylation is 1. The van der Waals surface area contributed by atoms with E-state index in [2.05, 4.69) is 5.10 Å². The molecule has 0 aliphatic rings. The van der Waals surface area contributed by atoms with E-state index in [-0.39, 0.29) is 17.8 Å². The summed E-state index contributed by atoms with van der Waals surface area (Å²) in [6.07, 6.45) is -0.659. The van der Waals surface area contributed by atoms with Gasteiger partial charge in [0.05, 0.1) is 11.3 Å². The van der Waals surface area contributed by atoms with Gasteiger partial charge in [-0.05, 0) is 20.8 Å². The predicted molar refractivity (Wildman–Crippen MR) is 65.3 cm³/mol. The van der Waals surface area contributed by atoms with E-state index >= 15 is 0 Å². The Morgan fingerprint density at radius 2 is 2.21 bits per heavy atom. The summed E-state index contributed by atoms with van der Waals surface area (Å²) >= 11 is 0. The summed E-state index contributed by atoms with van der Waals surface area (Å²) < 4.78 is 6.22. The molecule has 0 radical (unpaired) electrons. The molecule has 8 heteroatoms. The number of aliphatic hydroxyl groups excluding tert-OH is 1. The number of carbonyl (C=O) groups excluding carboxylic acids is 1. The van der Waals surface area contributed by atoms with E-state index < -0.39 is 22.6 Å². The van der Waals surface area contributed by atoms with Crippen molar-refractivity contribution in [3.05, 3.63) is 22.0 Å². The maximum absolute atomic E-state index is 11.6. The van der Waals surface area contributed by atoms with E-state index in [9.17, 15) is 20.0 Å². The van der Waals surface area contributed by atoms with E-state index in [0.29, 0.717) is 0 Å². The van der Waals surface area contributed by atoms with E-state index in [1.165, 1.54) is 11.7 Å². The van der Waals surface area contributed by atoms with Gasteiger partial charge in [0.1, 0.15) is 23.6 Å². The van der Waals surface area contributed by atoms with Crippen molar-refractivity contribution in [3.63, 3.8) is 0 Å². The van der Waals surface area contributed by atoms with Crippen molar-refractivity contribution in [2.75, 3.05) is 0 Å². The minimum atomic E-state index is -1.33. The first-order valence-corrected chi connectivity index (χ1v) is 5.68. The molecule has 0 spiro atoms. The minimum absolute atomic E-state index is 0.0177. The number of nitrogens with zero attached hydrogens (tertiary/aromatic N) is 3. The number of aliphatic hydroxyl groups is 1. The third kappa shape index (κ3) is 4.02.